The summed E-state index contributed by atoms with van der Waals surface area (Å²) in [5, 5.41) is 23.1. The molecule has 8 heteroatoms. The molecule has 2 aromatic rings. The fourth-order valence-corrected chi connectivity index (χ4v) is 2.56. The third kappa shape index (κ3) is 4.74. The van der Waals surface area contributed by atoms with E-state index >= 15 is 0 Å². The molecule has 2 rings (SSSR count). The van der Waals surface area contributed by atoms with Gasteiger partial charge in [0.15, 0.2) is 0 Å². The molecule has 0 aliphatic rings. The van der Waals surface area contributed by atoms with Gasteiger partial charge in [0.1, 0.15) is 10.8 Å². The van der Waals surface area contributed by atoms with Gasteiger partial charge in [0.25, 0.3) is 0 Å². The zero-order valence-corrected chi connectivity index (χ0v) is 12.9. The Morgan fingerprint density at radius 2 is 2.27 bits per heavy atom. The Bertz CT molecular complexity index is 631. The van der Waals surface area contributed by atoms with Crippen LogP contribution < -0.4 is 10.6 Å². The number of halogens is 1. The molecule has 0 saturated heterocycles. The molecule has 1 aromatic carbocycles. The number of hydrogen-bond donors (Lipinski definition) is 3. The molecule has 0 saturated carbocycles. The maximum Gasteiger partial charge on any atom is 0.321 e. The van der Waals surface area contributed by atoms with Crippen molar-refractivity contribution in [2.75, 3.05) is 11.9 Å². The first-order valence-electron chi connectivity index (χ1n) is 6.86. The van der Waals surface area contributed by atoms with Crippen molar-refractivity contribution in [3.8, 4) is 0 Å². The lowest BCUT2D eigenvalue weighted by Crippen LogP contribution is -2.39. The second-order valence-electron chi connectivity index (χ2n) is 4.69. The molecule has 1 unspecified atom stereocenters. The quantitative estimate of drug-likeness (QED) is 0.760. The highest BCUT2D eigenvalue weighted by Crippen LogP contribution is 2.18. The van der Waals surface area contributed by atoms with Gasteiger partial charge in [-0.2, -0.15) is 0 Å². The molecule has 118 valence electrons. The van der Waals surface area contributed by atoms with Crippen LogP contribution in [0.3, 0.4) is 0 Å². The Morgan fingerprint density at radius 1 is 1.45 bits per heavy atom. The van der Waals surface area contributed by atoms with Crippen LogP contribution in [0, 0.1) is 5.82 Å². The highest BCUT2D eigenvalue weighted by atomic mass is 32.1. The lowest BCUT2D eigenvalue weighted by molar-refractivity contribution is 0.222. The molecule has 6 nitrogen and oxygen atoms in total. The first-order chi connectivity index (χ1) is 10.6. The van der Waals surface area contributed by atoms with Gasteiger partial charge < -0.3 is 10.4 Å². The van der Waals surface area contributed by atoms with Crippen LogP contribution in [0.2, 0.25) is 0 Å². The van der Waals surface area contributed by atoms with Gasteiger partial charge in [0, 0.05) is 6.42 Å². The lowest BCUT2D eigenvalue weighted by Gasteiger charge is -2.13. The minimum absolute atomic E-state index is 0.120. The Labute approximate surface area is 131 Å². The van der Waals surface area contributed by atoms with E-state index in [1.54, 1.807) is 12.1 Å². The van der Waals surface area contributed by atoms with Crippen LogP contribution in [0.25, 0.3) is 0 Å². The zero-order chi connectivity index (χ0) is 15.9. The third-order valence-corrected chi connectivity index (χ3v) is 3.82. The van der Waals surface area contributed by atoms with Crippen molar-refractivity contribution in [2.24, 2.45) is 0 Å². The number of rotatable bonds is 6. The van der Waals surface area contributed by atoms with Gasteiger partial charge in [-0.05, 0) is 24.1 Å². The number of aromatic nitrogens is 2. The lowest BCUT2D eigenvalue weighted by atomic mass is 10.1. The summed E-state index contributed by atoms with van der Waals surface area (Å²) in [5.41, 5.74) is 0.790. The van der Waals surface area contributed by atoms with E-state index < -0.39 is 6.03 Å². The number of aliphatic hydroxyl groups is 1. The maximum absolute atomic E-state index is 13.1. The largest absolute Gasteiger partial charge is 0.394 e. The number of carbonyl (C=O) groups excluding carboxylic acids is 1. The Hall–Kier alpha value is -2.06. The van der Waals surface area contributed by atoms with Crippen LogP contribution in [-0.2, 0) is 6.42 Å². The molecular formula is C14H17FN4O2S. The molecule has 0 aliphatic carbocycles. The topological polar surface area (TPSA) is 87.1 Å². The normalized spacial score (nSPS) is 12.0. The predicted molar refractivity (Wildman–Crippen MR) is 82.4 cm³/mol. The van der Waals surface area contributed by atoms with E-state index in [2.05, 4.69) is 20.8 Å². The first-order valence-corrected chi connectivity index (χ1v) is 7.67. The van der Waals surface area contributed by atoms with Crippen molar-refractivity contribution in [1.29, 1.82) is 0 Å². The van der Waals surface area contributed by atoms with Gasteiger partial charge in [-0.25, -0.2) is 9.18 Å². The molecule has 1 aromatic heterocycles. The van der Waals surface area contributed by atoms with E-state index in [-0.39, 0.29) is 18.5 Å². The molecule has 22 heavy (non-hydrogen) atoms. The molecule has 2 amide bonds. The number of nitrogens with one attached hydrogen (secondary N) is 2. The Balaban J connectivity index is 1.92. The summed E-state index contributed by atoms with van der Waals surface area (Å²) in [6.07, 6.45) is 1.08. The number of anilines is 1. The smallest absolute Gasteiger partial charge is 0.321 e. The highest BCUT2D eigenvalue weighted by Gasteiger charge is 2.12. The fraction of sp³-hybridized carbons (Fsp3) is 0.357. The summed E-state index contributed by atoms with van der Waals surface area (Å²) < 4.78 is 13.1. The standard InChI is InChI=1S/C14H17FN4O2S/c1-2-11(8-20)16-13(21)17-14-19-18-12(22-14)7-9-4-3-5-10(15)6-9/h3-6,11,20H,2,7-8H2,1H3,(H2,16,17,19,21). The maximum atomic E-state index is 13.1. The Morgan fingerprint density at radius 3 is 2.95 bits per heavy atom. The molecule has 0 aliphatic heterocycles. The van der Waals surface area contributed by atoms with Crippen LogP contribution >= 0.6 is 11.3 Å². The summed E-state index contributed by atoms with van der Waals surface area (Å²) in [4.78, 5) is 11.7. The van der Waals surface area contributed by atoms with Crippen molar-refractivity contribution < 1.29 is 14.3 Å². The summed E-state index contributed by atoms with van der Waals surface area (Å²) in [6.45, 7) is 1.74. The number of benzene rings is 1. The van der Waals surface area contributed by atoms with Crippen LogP contribution in [0.1, 0.15) is 23.9 Å². The van der Waals surface area contributed by atoms with Crippen LogP contribution in [0.15, 0.2) is 24.3 Å². The molecule has 0 bridgehead atoms. The molecule has 0 spiro atoms. The van der Waals surface area contributed by atoms with Gasteiger partial charge in [0.2, 0.25) is 5.13 Å². The van der Waals surface area contributed by atoms with E-state index in [9.17, 15) is 9.18 Å². The van der Waals surface area contributed by atoms with Crippen molar-refractivity contribution in [1.82, 2.24) is 15.5 Å². The van der Waals surface area contributed by atoms with Crippen molar-refractivity contribution in [3.05, 3.63) is 40.7 Å². The monoisotopic (exact) mass is 324 g/mol. The number of amides is 2. The van der Waals surface area contributed by atoms with Gasteiger partial charge in [-0.3, -0.25) is 5.32 Å². The van der Waals surface area contributed by atoms with Crippen LogP contribution in [0.4, 0.5) is 14.3 Å². The number of nitrogens with zero attached hydrogens (tertiary/aromatic N) is 2. The number of hydrogen-bond acceptors (Lipinski definition) is 5. The highest BCUT2D eigenvalue weighted by molar-refractivity contribution is 7.15. The summed E-state index contributed by atoms with van der Waals surface area (Å²) in [6, 6.07) is 5.53. The average Bonchev–Trinajstić information content (AvgIpc) is 2.91. The van der Waals surface area contributed by atoms with E-state index in [0.717, 1.165) is 5.56 Å². The molecular weight excluding hydrogens is 307 g/mol. The number of carbonyl (C=O) groups is 1. The Kier molecular flexibility index (Phi) is 5.79. The minimum atomic E-state index is -0.436. The van der Waals surface area contributed by atoms with Gasteiger partial charge in [-0.1, -0.05) is 30.4 Å². The summed E-state index contributed by atoms with van der Waals surface area (Å²) >= 11 is 1.23. The number of aliphatic hydroxyl groups excluding tert-OH is 1. The van der Waals surface area contributed by atoms with E-state index in [1.165, 1.54) is 23.5 Å². The van der Waals surface area contributed by atoms with Gasteiger partial charge in [-0.15, -0.1) is 10.2 Å². The van der Waals surface area contributed by atoms with Crippen LogP contribution in [0.5, 0.6) is 0 Å². The SMILES string of the molecule is CCC(CO)NC(=O)Nc1nnc(Cc2cccc(F)c2)s1. The first kappa shape index (κ1) is 16.3. The van der Waals surface area contributed by atoms with E-state index in [4.69, 9.17) is 5.11 Å². The third-order valence-electron chi connectivity index (χ3n) is 2.98. The van der Waals surface area contributed by atoms with E-state index in [0.29, 0.717) is 23.0 Å². The van der Waals surface area contributed by atoms with Crippen molar-refractivity contribution in [2.45, 2.75) is 25.8 Å². The molecule has 1 heterocycles. The van der Waals surface area contributed by atoms with Gasteiger partial charge >= 0.3 is 6.03 Å². The van der Waals surface area contributed by atoms with E-state index in [1.807, 2.05) is 6.92 Å². The molecule has 0 fully saturated rings. The second-order valence-corrected chi connectivity index (χ2v) is 5.76. The van der Waals surface area contributed by atoms with Crippen LogP contribution in [-0.4, -0.2) is 34.0 Å². The molecule has 3 N–H and O–H groups in total. The summed E-state index contributed by atoms with van der Waals surface area (Å²) in [5.74, 6) is -0.297. The zero-order valence-electron chi connectivity index (χ0n) is 12.0. The molecule has 1 atom stereocenters. The predicted octanol–water partition coefficient (Wildman–Crippen LogP) is 2.16. The fourth-order valence-electron chi connectivity index (χ4n) is 1.79. The minimum Gasteiger partial charge on any atom is -0.394 e. The average molecular weight is 324 g/mol. The van der Waals surface area contributed by atoms with Crippen molar-refractivity contribution >= 4 is 22.5 Å². The van der Waals surface area contributed by atoms with Crippen molar-refractivity contribution in [3.63, 3.8) is 0 Å². The van der Waals surface area contributed by atoms with Gasteiger partial charge in [0.05, 0.1) is 12.6 Å². The molecule has 0 radical (unpaired) electrons. The summed E-state index contributed by atoms with van der Waals surface area (Å²) in [7, 11) is 0. The second kappa shape index (κ2) is 7.81. The number of urea groups is 1.